The molecule has 0 unspecified atom stereocenters. The van der Waals surface area contributed by atoms with E-state index in [1.54, 1.807) is 7.05 Å². The Balaban J connectivity index is 0. The highest BCUT2D eigenvalue weighted by atomic mass is 35.5. The molecule has 1 amide bonds. The van der Waals surface area contributed by atoms with Gasteiger partial charge in [0.1, 0.15) is 0 Å². The van der Waals surface area contributed by atoms with Crippen molar-refractivity contribution in [3.8, 4) is 0 Å². The van der Waals surface area contributed by atoms with Gasteiger partial charge in [-0.2, -0.15) is 0 Å². The van der Waals surface area contributed by atoms with Gasteiger partial charge >= 0.3 is 0 Å². The van der Waals surface area contributed by atoms with Crippen LogP contribution >= 0.6 is 25.0 Å². The van der Waals surface area contributed by atoms with Crippen LogP contribution < -0.4 is 0 Å². The number of nitrogens with zero attached hydrogens (tertiary/aromatic N) is 1. The third-order valence-electron chi connectivity index (χ3n) is 0.801. The highest BCUT2D eigenvalue weighted by molar-refractivity contribution is 7.96. The zero-order chi connectivity index (χ0) is 5.86. The Labute approximate surface area is 61.1 Å². The molecule has 2 nitrogen and oxygen atoms in total. The van der Waals surface area contributed by atoms with Gasteiger partial charge in [0.2, 0.25) is 0 Å². The van der Waals surface area contributed by atoms with E-state index in [0.29, 0.717) is 0 Å². The Bertz CT molecular complexity index is 78.4. The predicted molar refractivity (Wildman–Crippen MR) is 39.9 cm³/mol. The first-order valence-electron chi connectivity index (χ1n) is 2.12. The van der Waals surface area contributed by atoms with E-state index in [2.05, 4.69) is 12.6 Å². The van der Waals surface area contributed by atoms with Gasteiger partial charge in [0.05, 0.1) is 0 Å². The van der Waals surface area contributed by atoms with E-state index in [9.17, 15) is 4.79 Å². The summed E-state index contributed by atoms with van der Waals surface area (Å²) >= 11 is 3.56. The second kappa shape index (κ2) is 5.25. The molecule has 0 aromatic heterocycles. The Kier molecular flexibility index (Phi) is 7.21. The fourth-order valence-electron chi connectivity index (χ4n) is 0.135. The van der Waals surface area contributed by atoms with Gasteiger partial charge in [0, 0.05) is 13.6 Å². The summed E-state index contributed by atoms with van der Waals surface area (Å²) in [4.78, 5) is 11.7. The van der Waals surface area contributed by atoms with Crippen molar-refractivity contribution in [3.63, 3.8) is 0 Å². The molecule has 0 saturated carbocycles. The minimum absolute atomic E-state index is 0. The van der Waals surface area contributed by atoms with Crippen molar-refractivity contribution in [2.45, 2.75) is 6.92 Å². The molecule has 0 fully saturated rings. The molecule has 0 bridgehead atoms. The van der Waals surface area contributed by atoms with E-state index in [1.165, 1.54) is 4.90 Å². The van der Waals surface area contributed by atoms with E-state index >= 15 is 0 Å². The minimum Gasteiger partial charge on any atom is -0.337 e. The van der Waals surface area contributed by atoms with E-state index in [4.69, 9.17) is 0 Å². The van der Waals surface area contributed by atoms with Gasteiger partial charge in [-0.3, -0.25) is 4.79 Å². The molecule has 0 rings (SSSR count). The average Bonchev–Trinajstić information content (AvgIpc) is 1.65. The van der Waals surface area contributed by atoms with Crippen LogP contribution in [0.1, 0.15) is 6.92 Å². The molecule has 4 heteroatoms. The van der Waals surface area contributed by atoms with Gasteiger partial charge in [-0.15, -0.1) is 12.4 Å². The van der Waals surface area contributed by atoms with Crippen LogP contribution in [0.5, 0.6) is 0 Å². The summed E-state index contributed by atoms with van der Waals surface area (Å²) in [7, 11) is 1.70. The second-order valence-corrected chi connectivity index (χ2v) is 1.68. The van der Waals surface area contributed by atoms with Crippen LogP contribution in [-0.2, 0) is 0 Å². The lowest BCUT2D eigenvalue weighted by Gasteiger charge is -2.07. The molecule has 0 spiro atoms. The molecule has 0 aliphatic carbocycles. The van der Waals surface area contributed by atoms with E-state index < -0.39 is 0 Å². The lowest BCUT2D eigenvalue weighted by Crippen LogP contribution is -2.19. The monoisotopic (exact) mass is 155 g/mol. The quantitative estimate of drug-likeness (QED) is 0.568. The van der Waals surface area contributed by atoms with Crippen molar-refractivity contribution in [1.82, 2.24) is 4.90 Å². The summed E-state index contributed by atoms with van der Waals surface area (Å²) in [6.07, 6.45) is 0. The fraction of sp³-hybridized carbons (Fsp3) is 0.750. The molecule has 0 atom stereocenters. The van der Waals surface area contributed by atoms with Gasteiger partial charge in [0.25, 0.3) is 5.24 Å². The number of amides is 1. The normalized spacial score (nSPS) is 7.38. The lowest BCUT2D eigenvalue weighted by atomic mass is 10.7. The van der Waals surface area contributed by atoms with Crippen molar-refractivity contribution < 1.29 is 4.79 Å². The van der Waals surface area contributed by atoms with Gasteiger partial charge in [0.15, 0.2) is 0 Å². The zero-order valence-electron chi connectivity index (χ0n) is 4.92. The third kappa shape index (κ3) is 4.27. The van der Waals surface area contributed by atoms with Crippen LogP contribution in [0.3, 0.4) is 0 Å². The maximum absolute atomic E-state index is 10.2. The Morgan fingerprint density at radius 2 is 2.12 bits per heavy atom. The number of halogens is 1. The highest BCUT2D eigenvalue weighted by Gasteiger charge is 1.95. The SMILES string of the molecule is CCN(C)C(=O)S.Cl. The average molecular weight is 156 g/mol. The predicted octanol–water partition coefficient (Wildman–Crippen LogP) is 1.41. The molecule has 8 heavy (non-hydrogen) atoms. The molecule has 0 heterocycles. The maximum Gasteiger partial charge on any atom is 0.278 e. The Morgan fingerprint density at radius 3 is 2.12 bits per heavy atom. The first kappa shape index (κ1) is 11.0. The van der Waals surface area contributed by atoms with Crippen LogP contribution in [0.2, 0.25) is 0 Å². The standard InChI is InChI=1S/C4H9NOS.ClH/c1-3-5(2)4(6)7;/h3H2,1-2H3,(H,6,7);1H. The van der Waals surface area contributed by atoms with Gasteiger partial charge in [-0.1, -0.05) is 12.6 Å². The van der Waals surface area contributed by atoms with Crippen molar-refractivity contribution in [1.29, 1.82) is 0 Å². The number of hydrogen-bond donors (Lipinski definition) is 1. The molecule has 0 aromatic rings. The first-order chi connectivity index (χ1) is 3.18. The van der Waals surface area contributed by atoms with Crippen LogP contribution in [0.25, 0.3) is 0 Å². The summed E-state index contributed by atoms with van der Waals surface area (Å²) < 4.78 is 0. The molecule has 0 aliphatic rings. The molecular formula is C4H10ClNOS. The summed E-state index contributed by atoms with van der Waals surface area (Å²) in [6, 6.07) is 0. The van der Waals surface area contributed by atoms with E-state index in [1.807, 2.05) is 6.92 Å². The summed E-state index contributed by atoms with van der Waals surface area (Å²) in [6.45, 7) is 2.62. The first-order valence-corrected chi connectivity index (χ1v) is 2.57. The smallest absolute Gasteiger partial charge is 0.278 e. The van der Waals surface area contributed by atoms with Gasteiger partial charge in [-0.05, 0) is 6.92 Å². The van der Waals surface area contributed by atoms with Gasteiger partial charge in [-0.25, -0.2) is 0 Å². The minimum atomic E-state index is -0.178. The molecule has 0 radical (unpaired) electrons. The van der Waals surface area contributed by atoms with Crippen molar-refractivity contribution in [2.75, 3.05) is 13.6 Å². The molecule has 0 aromatic carbocycles. The summed E-state index contributed by atoms with van der Waals surface area (Å²) in [5, 5.41) is -0.178. The van der Waals surface area contributed by atoms with Crippen molar-refractivity contribution in [3.05, 3.63) is 0 Å². The van der Waals surface area contributed by atoms with Crippen LogP contribution in [0.15, 0.2) is 0 Å². The van der Waals surface area contributed by atoms with E-state index in [0.717, 1.165) is 6.54 Å². The molecule has 0 aliphatic heterocycles. The number of thiol groups is 1. The molecular weight excluding hydrogens is 146 g/mol. The molecule has 50 valence electrons. The van der Waals surface area contributed by atoms with Gasteiger partial charge < -0.3 is 4.90 Å². The highest BCUT2D eigenvalue weighted by Crippen LogP contribution is 1.87. The number of carbonyl (C=O) groups is 1. The lowest BCUT2D eigenvalue weighted by molar-refractivity contribution is 0.236. The molecule has 0 N–H and O–H groups in total. The van der Waals surface area contributed by atoms with E-state index in [-0.39, 0.29) is 17.6 Å². The largest absolute Gasteiger partial charge is 0.337 e. The second-order valence-electron chi connectivity index (χ2n) is 1.30. The Morgan fingerprint density at radius 1 is 1.75 bits per heavy atom. The summed E-state index contributed by atoms with van der Waals surface area (Å²) in [5.41, 5.74) is 0. The summed E-state index contributed by atoms with van der Waals surface area (Å²) in [5.74, 6) is 0. The third-order valence-corrected chi connectivity index (χ3v) is 1.14. The zero-order valence-corrected chi connectivity index (χ0v) is 6.63. The van der Waals surface area contributed by atoms with Crippen LogP contribution in [0.4, 0.5) is 4.79 Å². The van der Waals surface area contributed by atoms with Crippen LogP contribution in [0, 0.1) is 0 Å². The number of rotatable bonds is 1. The maximum atomic E-state index is 10.2. The topological polar surface area (TPSA) is 20.3 Å². The van der Waals surface area contributed by atoms with Crippen LogP contribution in [-0.4, -0.2) is 23.7 Å². The Hall–Kier alpha value is 0.110. The number of hydrogen-bond acceptors (Lipinski definition) is 1. The van der Waals surface area contributed by atoms with Crippen molar-refractivity contribution in [2.24, 2.45) is 0 Å². The van der Waals surface area contributed by atoms with Crippen molar-refractivity contribution >= 4 is 30.3 Å². The fourth-order valence-corrected chi connectivity index (χ4v) is 0.277. The molecule has 0 saturated heterocycles. The number of carbonyl (C=O) groups excluding carboxylic acids is 1.